The van der Waals surface area contributed by atoms with Crippen LogP contribution in [-0.4, -0.2) is 32.9 Å². The first-order chi connectivity index (χ1) is 16.8. The van der Waals surface area contributed by atoms with Gasteiger partial charge in [0.2, 0.25) is 0 Å². The topological polar surface area (TPSA) is 112 Å². The van der Waals surface area contributed by atoms with E-state index >= 15 is 0 Å². The van der Waals surface area contributed by atoms with E-state index in [9.17, 15) is 13.0 Å². The molecule has 7 nitrogen and oxygen atoms in total. The number of rotatable bonds is 2. The second-order valence-electron chi connectivity index (χ2n) is 8.21. The number of halogens is 1. The lowest BCUT2D eigenvalue weighted by atomic mass is 10.1. The molecule has 0 aliphatic carbocycles. The van der Waals surface area contributed by atoms with Gasteiger partial charge in [0.15, 0.2) is 0 Å². The molecular formula is C26H17ClN4O3S. The summed E-state index contributed by atoms with van der Waals surface area (Å²) < 4.78 is 32.5. The third-order valence-electron chi connectivity index (χ3n) is 5.69. The molecule has 172 valence electrons. The normalized spacial score (nSPS) is 12.9. The molecule has 1 aromatic carbocycles. The van der Waals surface area contributed by atoms with Crippen LogP contribution in [-0.2, 0) is 10.1 Å². The van der Waals surface area contributed by atoms with Crippen molar-refractivity contribution in [3.05, 3.63) is 88.5 Å². The van der Waals surface area contributed by atoms with Crippen molar-refractivity contribution in [1.29, 1.82) is 0 Å². The van der Waals surface area contributed by atoms with Crippen LogP contribution in [0.4, 0.5) is 0 Å². The zero-order valence-electron chi connectivity index (χ0n) is 18.0. The van der Waals surface area contributed by atoms with Crippen molar-refractivity contribution in [1.82, 2.24) is 19.9 Å². The summed E-state index contributed by atoms with van der Waals surface area (Å²) in [4.78, 5) is 15.8. The van der Waals surface area contributed by atoms with Crippen LogP contribution in [0.2, 0.25) is 5.02 Å². The Balaban J connectivity index is 1.63. The second-order valence-corrected chi connectivity index (χ2v) is 10.0. The maximum absolute atomic E-state index is 11.6. The predicted molar refractivity (Wildman–Crippen MR) is 139 cm³/mol. The smallest absolute Gasteiger partial charge is 0.296 e. The van der Waals surface area contributed by atoms with Crippen LogP contribution in [0.25, 0.3) is 57.5 Å². The van der Waals surface area contributed by atoms with Gasteiger partial charge in [-0.3, -0.25) is 4.55 Å². The Morgan fingerprint density at radius 2 is 1.31 bits per heavy atom. The number of aromatic nitrogens is 4. The van der Waals surface area contributed by atoms with Crippen molar-refractivity contribution in [2.24, 2.45) is 0 Å². The number of benzene rings is 1. The molecule has 0 saturated heterocycles. The van der Waals surface area contributed by atoms with Gasteiger partial charge in [-0.15, -0.1) is 0 Å². The van der Waals surface area contributed by atoms with Gasteiger partial charge in [-0.1, -0.05) is 17.7 Å². The molecule has 6 rings (SSSR count). The summed E-state index contributed by atoms with van der Waals surface area (Å²) >= 11 is 6.20. The van der Waals surface area contributed by atoms with Crippen molar-refractivity contribution in [3.8, 4) is 11.1 Å². The number of hydrogen-bond donors (Lipinski definition) is 3. The van der Waals surface area contributed by atoms with Crippen molar-refractivity contribution < 1.29 is 13.0 Å². The van der Waals surface area contributed by atoms with Gasteiger partial charge in [-0.05, 0) is 84.5 Å². The Morgan fingerprint density at radius 1 is 0.686 bits per heavy atom. The van der Waals surface area contributed by atoms with Gasteiger partial charge in [-0.2, -0.15) is 8.42 Å². The minimum Gasteiger partial charge on any atom is -0.355 e. The molecule has 0 spiro atoms. The molecule has 0 saturated carbocycles. The molecule has 5 heterocycles. The Labute approximate surface area is 205 Å². The van der Waals surface area contributed by atoms with Gasteiger partial charge < -0.3 is 9.97 Å². The van der Waals surface area contributed by atoms with E-state index in [1.54, 1.807) is 6.07 Å². The summed E-state index contributed by atoms with van der Waals surface area (Å²) in [6.07, 6.45) is 7.75. The molecule has 0 radical (unpaired) electrons. The Bertz CT molecular complexity index is 1850. The third-order valence-corrected chi connectivity index (χ3v) is 7.03. The molecular weight excluding hydrogens is 484 g/mol. The van der Waals surface area contributed by atoms with Gasteiger partial charge >= 0.3 is 0 Å². The van der Waals surface area contributed by atoms with Gasteiger partial charge in [0.05, 0.1) is 27.8 Å². The van der Waals surface area contributed by atoms with E-state index in [2.05, 4.69) is 19.9 Å². The van der Waals surface area contributed by atoms with Crippen molar-refractivity contribution >= 4 is 68.1 Å². The molecule has 0 fully saturated rings. The van der Waals surface area contributed by atoms with Crippen LogP contribution in [0.5, 0.6) is 0 Å². The highest BCUT2D eigenvalue weighted by Crippen LogP contribution is 2.32. The summed E-state index contributed by atoms with van der Waals surface area (Å²) in [5.41, 5.74) is 8.13. The van der Waals surface area contributed by atoms with E-state index in [1.807, 2.05) is 66.8 Å². The van der Waals surface area contributed by atoms with Crippen molar-refractivity contribution in [2.45, 2.75) is 4.90 Å². The largest absolute Gasteiger partial charge is 0.355 e. The SMILES string of the molecule is O=S(=O)(O)c1ccc(-c2cc3cc4ccc(cc5nc(cc6nc(cc2[nH]3)C=C6)C=C5)[nH]4)cc1Cl. The highest BCUT2D eigenvalue weighted by Gasteiger charge is 2.16. The van der Waals surface area contributed by atoms with Crippen LogP contribution >= 0.6 is 11.6 Å². The molecule has 35 heavy (non-hydrogen) atoms. The summed E-state index contributed by atoms with van der Waals surface area (Å²) in [5.74, 6) is 0. The third kappa shape index (κ3) is 4.30. The minimum absolute atomic E-state index is 0.0599. The van der Waals surface area contributed by atoms with Crippen LogP contribution in [0.1, 0.15) is 22.8 Å². The number of hydrogen-bond acceptors (Lipinski definition) is 4. The Morgan fingerprint density at radius 3 is 1.97 bits per heavy atom. The zero-order chi connectivity index (χ0) is 24.2. The maximum Gasteiger partial charge on any atom is 0.296 e. The first-order valence-electron chi connectivity index (χ1n) is 10.7. The number of aromatic amines is 2. The van der Waals surface area contributed by atoms with Crippen LogP contribution in [0.3, 0.4) is 0 Å². The van der Waals surface area contributed by atoms with E-state index in [-0.39, 0.29) is 9.92 Å². The highest BCUT2D eigenvalue weighted by molar-refractivity contribution is 7.86. The van der Waals surface area contributed by atoms with E-state index in [4.69, 9.17) is 11.6 Å². The van der Waals surface area contributed by atoms with Gasteiger partial charge in [0.25, 0.3) is 10.1 Å². The summed E-state index contributed by atoms with van der Waals surface area (Å²) in [6, 6.07) is 18.1. The van der Waals surface area contributed by atoms with Crippen LogP contribution in [0, 0.1) is 0 Å². The molecule has 0 unspecified atom stereocenters. The van der Waals surface area contributed by atoms with Crippen LogP contribution in [0.15, 0.2) is 65.6 Å². The first-order valence-corrected chi connectivity index (χ1v) is 12.5. The van der Waals surface area contributed by atoms with Crippen LogP contribution < -0.4 is 0 Å². The number of nitrogens with zero attached hydrogens (tertiary/aromatic N) is 2. The average molecular weight is 501 g/mol. The quantitative estimate of drug-likeness (QED) is 0.244. The van der Waals surface area contributed by atoms with Gasteiger partial charge in [0.1, 0.15) is 4.90 Å². The van der Waals surface area contributed by atoms with E-state index in [0.717, 1.165) is 50.4 Å². The predicted octanol–water partition coefficient (Wildman–Crippen LogP) is 6.22. The van der Waals surface area contributed by atoms with Crippen molar-refractivity contribution in [3.63, 3.8) is 0 Å². The maximum atomic E-state index is 11.6. The molecule has 3 aromatic heterocycles. The number of H-pyrrole nitrogens is 2. The molecule has 4 aromatic rings. The van der Waals surface area contributed by atoms with E-state index in [1.165, 1.54) is 12.1 Å². The molecule has 0 atom stereocenters. The molecule has 9 heteroatoms. The summed E-state index contributed by atoms with van der Waals surface area (Å²) in [5, 5.41) is -0.0599. The number of nitrogens with one attached hydrogen (secondary N) is 2. The lowest BCUT2D eigenvalue weighted by molar-refractivity contribution is 0.483. The van der Waals surface area contributed by atoms with Gasteiger partial charge in [0, 0.05) is 27.6 Å². The Kier molecular flexibility index (Phi) is 4.96. The molecule has 0 amide bonds. The number of fused-ring (bicyclic) bond motifs is 8. The van der Waals surface area contributed by atoms with E-state index in [0.29, 0.717) is 5.56 Å². The minimum atomic E-state index is -4.42. The fourth-order valence-corrected chi connectivity index (χ4v) is 5.15. The van der Waals surface area contributed by atoms with E-state index < -0.39 is 10.1 Å². The zero-order valence-corrected chi connectivity index (χ0v) is 19.6. The fourth-order valence-electron chi connectivity index (χ4n) is 4.13. The second kappa shape index (κ2) is 8.06. The highest BCUT2D eigenvalue weighted by atomic mass is 35.5. The fraction of sp³-hybridized carbons (Fsp3) is 0. The molecule has 2 aliphatic rings. The van der Waals surface area contributed by atoms with Crippen molar-refractivity contribution in [2.75, 3.05) is 0 Å². The lowest BCUT2D eigenvalue weighted by Gasteiger charge is -2.04. The summed E-state index contributed by atoms with van der Waals surface area (Å²) in [7, 11) is -4.42. The Hall–Kier alpha value is -3.98. The van der Waals surface area contributed by atoms with Gasteiger partial charge in [-0.25, -0.2) is 9.97 Å². The average Bonchev–Trinajstić information content (AvgIpc) is 3.58. The first kappa shape index (κ1) is 21.5. The molecule has 3 N–H and O–H groups in total. The summed E-state index contributed by atoms with van der Waals surface area (Å²) in [6.45, 7) is 0. The standard InChI is InChI=1S/C26H17ClN4O3S/c27-24-9-15(1-8-26(24)35(32,33)34)23-13-22-12-20-5-4-18(29-20)10-16-2-3-17(28-16)11-19-6-7-21(30-19)14-25(23)31-22/h1-14,29,31H,(H,32,33,34). The molecule has 2 aliphatic heterocycles. The molecule has 8 bridgehead atoms. The lowest BCUT2D eigenvalue weighted by Crippen LogP contribution is -1.98. The monoisotopic (exact) mass is 500 g/mol.